The molecule has 0 saturated carbocycles. The third-order valence-electron chi connectivity index (χ3n) is 4.05. The number of likely N-dealkylation sites (tertiary alicyclic amines) is 1. The Bertz CT molecular complexity index is 428. The second-order valence-electron chi connectivity index (χ2n) is 5.94. The fraction of sp³-hybridized carbons (Fsp3) is 0.800. The van der Waals surface area contributed by atoms with Crippen LogP contribution in [0.3, 0.4) is 0 Å². The van der Waals surface area contributed by atoms with Gasteiger partial charge in [-0.3, -0.25) is 4.90 Å². The van der Waals surface area contributed by atoms with Gasteiger partial charge in [0.05, 0.1) is 9.88 Å². The third kappa shape index (κ3) is 3.29. The largest absolute Gasteiger partial charge is 0.473 e. The Morgan fingerprint density at radius 3 is 2.74 bits per heavy atom. The predicted octanol–water partition coefficient (Wildman–Crippen LogP) is 3.66. The van der Waals surface area contributed by atoms with E-state index >= 15 is 0 Å². The highest BCUT2D eigenvalue weighted by Gasteiger charge is 2.35. The van der Waals surface area contributed by atoms with E-state index in [2.05, 4.69) is 44.5 Å². The van der Waals surface area contributed by atoms with E-state index in [9.17, 15) is 0 Å². The van der Waals surface area contributed by atoms with Gasteiger partial charge in [0.25, 0.3) is 0 Å². The van der Waals surface area contributed by atoms with Gasteiger partial charge in [0, 0.05) is 18.5 Å². The molecule has 0 N–H and O–H groups in total. The molecule has 1 atom stereocenters. The van der Waals surface area contributed by atoms with Gasteiger partial charge in [-0.1, -0.05) is 13.8 Å². The molecular weight excluding hydrogens is 256 g/mol. The van der Waals surface area contributed by atoms with Crippen LogP contribution in [0.2, 0.25) is 0 Å². The van der Waals surface area contributed by atoms with Crippen molar-refractivity contribution in [1.29, 1.82) is 0 Å². The quantitative estimate of drug-likeness (QED) is 0.843. The average molecular weight is 282 g/mol. The molecule has 1 aromatic heterocycles. The third-order valence-corrected chi connectivity index (χ3v) is 5.15. The minimum atomic E-state index is 0.231. The van der Waals surface area contributed by atoms with E-state index in [4.69, 9.17) is 4.74 Å². The van der Waals surface area contributed by atoms with Crippen LogP contribution in [0.25, 0.3) is 0 Å². The molecule has 19 heavy (non-hydrogen) atoms. The van der Waals surface area contributed by atoms with Gasteiger partial charge in [0.2, 0.25) is 5.88 Å². The Balaban J connectivity index is 2.04. The molecule has 0 amide bonds. The highest BCUT2D eigenvalue weighted by atomic mass is 32.1. The number of thiazole rings is 1. The zero-order valence-corrected chi connectivity index (χ0v) is 13.6. The summed E-state index contributed by atoms with van der Waals surface area (Å²) >= 11 is 1.76. The lowest BCUT2D eigenvalue weighted by Crippen LogP contribution is -2.52. The number of nitrogens with zero attached hydrogens (tertiary/aromatic N) is 2. The van der Waals surface area contributed by atoms with Crippen LogP contribution < -0.4 is 4.74 Å². The molecule has 1 saturated heterocycles. The molecule has 1 fully saturated rings. The molecule has 1 aliphatic heterocycles. The number of hydrogen-bond donors (Lipinski definition) is 0. The first-order valence-corrected chi connectivity index (χ1v) is 8.16. The van der Waals surface area contributed by atoms with Crippen molar-refractivity contribution in [3.8, 4) is 5.88 Å². The fourth-order valence-electron chi connectivity index (χ4n) is 3.00. The van der Waals surface area contributed by atoms with Crippen LogP contribution in [0.15, 0.2) is 0 Å². The Morgan fingerprint density at radius 2 is 2.16 bits per heavy atom. The van der Waals surface area contributed by atoms with Crippen molar-refractivity contribution in [2.45, 2.75) is 65.5 Å². The van der Waals surface area contributed by atoms with Crippen LogP contribution in [0.1, 0.15) is 50.4 Å². The van der Waals surface area contributed by atoms with Crippen molar-refractivity contribution < 1.29 is 4.74 Å². The van der Waals surface area contributed by atoms with Gasteiger partial charge in [-0.2, -0.15) is 0 Å². The zero-order chi connectivity index (χ0) is 14.0. The average Bonchev–Trinajstić information content (AvgIpc) is 2.68. The first-order valence-electron chi connectivity index (χ1n) is 7.34. The number of ether oxygens (including phenoxy) is 1. The molecule has 1 aliphatic rings. The second-order valence-corrected chi connectivity index (χ2v) is 7.23. The van der Waals surface area contributed by atoms with Crippen LogP contribution in [-0.2, 0) is 6.42 Å². The second kappa shape index (κ2) is 5.80. The molecule has 0 radical (unpaired) electrons. The van der Waals surface area contributed by atoms with Gasteiger partial charge < -0.3 is 4.74 Å². The van der Waals surface area contributed by atoms with Gasteiger partial charge in [0.15, 0.2) is 0 Å². The Labute approximate surface area is 121 Å². The van der Waals surface area contributed by atoms with E-state index < -0.39 is 0 Å². The summed E-state index contributed by atoms with van der Waals surface area (Å²) in [6, 6.07) is 0. The fourth-order valence-corrected chi connectivity index (χ4v) is 3.81. The van der Waals surface area contributed by atoms with E-state index in [0.29, 0.717) is 6.10 Å². The summed E-state index contributed by atoms with van der Waals surface area (Å²) in [5.74, 6) is 0.885. The molecule has 0 spiro atoms. The number of rotatable bonds is 4. The van der Waals surface area contributed by atoms with E-state index in [1.807, 2.05) is 0 Å². The molecule has 1 aromatic rings. The lowest BCUT2D eigenvalue weighted by Gasteiger charge is -2.44. The van der Waals surface area contributed by atoms with E-state index in [0.717, 1.165) is 43.2 Å². The Hall–Kier alpha value is -0.610. The van der Waals surface area contributed by atoms with Crippen LogP contribution in [-0.4, -0.2) is 34.6 Å². The molecule has 108 valence electrons. The smallest absolute Gasteiger partial charge is 0.228 e. The number of hydrogen-bond acceptors (Lipinski definition) is 4. The molecule has 4 heteroatoms. The number of piperidine rings is 1. The van der Waals surface area contributed by atoms with E-state index in [1.165, 1.54) is 4.88 Å². The molecular formula is C15H26N2OS. The normalized spacial score (nSPS) is 23.5. The van der Waals surface area contributed by atoms with Crippen LogP contribution >= 0.6 is 11.3 Å². The first kappa shape index (κ1) is 14.8. The SMILES string of the molecule is CCc1sc(C)nc1OC1CCN(CC)C(C)(C)C1. The van der Waals surface area contributed by atoms with Crippen LogP contribution in [0, 0.1) is 6.92 Å². The zero-order valence-electron chi connectivity index (χ0n) is 12.8. The Kier molecular flexibility index (Phi) is 4.51. The Morgan fingerprint density at radius 1 is 1.42 bits per heavy atom. The maximum atomic E-state index is 6.20. The van der Waals surface area contributed by atoms with Crippen molar-refractivity contribution in [3.05, 3.63) is 9.88 Å². The van der Waals surface area contributed by atoms with Gasteiger partial charge in [-0.25, -0.2) is 4.98 Å². The van der Waals surface area contributed by atoms with Gasteiger partial charge in [-0.15, -0.1) is 11.3 Å². The van der Waals surface area contributed by atoms with Gasteiger partial charge in [-0.05, 0) is 40.2 Å². The summed E-state index contributed by atoms with van der Waals surface area (Å²) in [7, 11) is 0. The highest BCUT2D eigenvalue weighted by Crippen LogP contribution is 2.32. The van der Waals surface area contributed by atoms with Gasteiger partial charge >= 0.3 is 0 Å². The maximum Gasteiger partial charge on any atom is 0.228 e. The summed E-state index contributed by atoms with van der Waals surface area (Å²) in [5, 5.41) is 1.11. The van der Waals surface area contributed by atoms with Crippen LogP contribution in [0.4, 0.5) is 0 Å². The van der Waals surface area contributed by atoms with Crippen molar-refractivity contribution in [3.63, 3.8) is 0 Å². The number of aryl methyl sites for hydroxylation is 2. The lowest BCUT2D eigenvalue weighted by atomic mass is 9.88. The number of aromatic nitrogens is 1. The summed E-state index contributed by atoms with van der Waals surface area (Å²) in [4.78, 5) is 8.37. The van der Waals surface area contributed by atoms with Crippen LogP contribution in [0.5, 0.6) is 5.88 Å². The highest BCUT2D eigenvalue weighted by molar-refractivity contribution is 7.11. The molecule has 1 unspecified atom stereocenters. The molecule has 2 heterocycles. The summed E-state index contributed by atoms with van der Waals surface area (Å²) in [5.41, 5.74) is 0.231. The van der Waals surface area contributed by atoms with Crippen molar-refractivity contribution in [2.75, 3.05) is 13.1 Å². The maximum absolute atomic E-state index is 6.20. The molecule has 0 bridgehead atoms. The molecule has 3 nitrogen and oxygen atoms in total. The van der Waals surface area contributed by atoms with E-state index in [1.54, 1.807) is 11.3 Å². The molecule has 2 rings (SSSR count). The topological polar surface area (TPSA) is 25.4 Å². The van der Waals surface area contributed by atoms with Crippen molar-refractivity contribution in [1.82, 2.24) is 9.88 Å². The molecule has 0 aliphatic carbocycles. The first-order chi connectivity index (χ1) is 8.96. The van der Waals surface area contributed by atoms with E-state index in [-0.39, 0.29) is 5.54 Å². The van der Waals surface area contributed by atoms with Crippen molar-refractivity contribution >= 4 is 11.3 Å². The van der Waals surface area contributed by atoms with Gasteiger partial charge in [0.1, 0.15) is 6.10 Å². The minimum absolute atomic E-state index is 0.231. The summed E-state index contributed by atoms with van der Waals surface area (Å²) in [6.07, 6.45) is 3.51. The summed E-state index contributed by atoms with van der Waals surface area (Å²) in [6.45, 7) is 13.3. The lowest BCUT2D eigenvalue weighted by molar-refractivity contribution is 0.0104. The predicted molar refractivity (Wildman–Crippen MR) is 81.2 cm³/mol. The monoisotopic (exact) mass is 282 g/mol. The van der Waals surface area contributed by atoms with Crippen molar-refractivity contribution in [2.24, 2.45) is 0 Å². The summed E-state index contributed by atoms with van der Waals surface area (Å²) < 4.78 is 6.20. The standard InChI is InChI=1S/C15H26N2OS/c1-6-13-14(16-11(3)19-13)18-12-8-9-17(7-2)15(4,5)10-12/h12H,6-10H2,1-5H3. The molecule has 0 aromatic carbocycles. The minimum Gasteiger partial charge on any atom is -0.473 e.